The second kappa shape index (κ2) is 6.58. The number of ether oxygens (including phenoxy) is 1. The quantitative estimate of drug-likeness (QED) is 0.745. The summed E-state index contributed by atoms with van der Waals surface area (Å²) in [6.07, 6.45) is 1.56. The molecule has 0 saturated heterocycles. The van der Waals surface area contributed by atoms with Gasteiger partial charge in [-0.15, -0.1) is 0 Å². The monoisotopic (exact) mass is 341 g/mol. The minimum atomic E-state index is -0.258. The van der Waals surface area contributed by atoms with E-state index in [1.165, 1.54) is 0 Å². The molecule has 2 heterocycles. The first-order valence-electron chi connectivity index (χ1n) is 8.32. The van der Waals surface area contributed by atoms with Gasteiger partial charge in [0.2, 0.25) is 5.95 Å². The molecule has 25 heavy (non-hydrogen) atoms. The number of nitrogens with one attached hydrogen (secondary N) is 2. The van der Waals surface area contributed by atoms with Gasteiger partial charge in [-0.25, -0.2) is 4.68 Å². The van der Waals surface area contributed by atoms with Gasteiger partial charge in [-0.1, -0.05) is 12.1 Å². The smallest absolute Gasteiger partial charge is 0.263 e. The second-order valence-corrected chi connectivity index (χ2v) is 6.81. The van der Waals surface area contributed by atoms with Crippen molar-refractivity contribution in [1.29, 1.82) is 0 Å². The van der Waals surface area contributed by atoms with E-state index >= 15 is 0 Å². The van der Waals surface area contributed by atoms with Gasteiger partial charge in [0.05, 0.1) is 18.3 Å². The van der Waals surface area contributed by atoms with Crippen LogP contribution in [0.25, 0.3) is 11.0 Å². The number of aromatic amines is 1. The molecule has 3 aromatic rings. The number of benzene rings is 1. The fourth-order valence-corrected chi connectivity index (χ4v) is 2.59. The van der Waals surface area contributed by atoms with Crippen LogP contribution in [0.15, 0.2) is 35.3 Å². The van der Waals surface area contributed by atoms with Gasteiger partial charge in [0.25, 0.3) is 5.56 Å². The Bertz CT molecular complexity index is 937. The van der Waals surface area contributed by atoms with E-state index in [2.05, 4.69) is 20.4 Å². The van der Waals surface area contributed by atoms with Crippen molar-refractivity contribution in [2.45, 2.75) is 39.8 Å². The van der Waals surface area contributed by atoms with Gasteiger partial charge in [0, 0.05) is 6.54 Å². The average molecular weight is 341 g/mol. The largest absolute Gasteiger partial charge is 0.494 e. The summed E-state index contributed by atoms with van der Waals surface area (Å²) in [7, 11) is 0. The maximum absolute atomic E-state index is 12.3. The number of H-pyrrole nitrogens is 1. The van der Waals surface area contributed by atoms with E-state index in [0.717, 1.165) is 11.3 Å². The Balaban J connectivity index is 1.87. The Hall–Kier alpha value is -2.83. The van der Waals surface area contributed by atoms with Gasteiger partial charge < -0.3 is 10.1 Å². The van der Waals surface area contributed by atoms with Crippen molar-refractivity contribution in [2.75, 3.05) is 11.9 Å². The van der Waals surface area contributed by atoms with Crippen LogP contribution in [0, 0.1) is 0 Å². The number of anilines is 1. The van der Waals surface area contributed by atoms with E-state index in [-0.39, 0.29) is 11.1 Å². The lowest BCUT2D eigenvalue weighted by Crippen LogP contribution is -2.24. The number of hydrogen-bond donors (Lipinski definition) is 2. The Kier molecular flexibility index (Phi) is 4.48. The lowest BCUT2D eigenvalue weighted by Gasteiger charge is -2.19. The molecular weight excluding hydrogens is 318 g/mol. The number of nitrogens with zero attached hydrogens (tertiary/aromatic N) is 3. The molecule has 0 fully saturated rings. The molecule has 0 spiro atoms. The van der Waals surface area contributed by atoms with Crippen LogP contribution >= 0.6 is 0 Å². The third kappa shape index (κ3) is 3.65. The molecule has 0 saturated carbocycles. The van der Waals surface area contributed by atoms with E-state index in [4.69, 9.17) is 4.74 Å². The molecule has 0 unspecified atom stereocenters. The molecule has 0 aliphatic rings. The number of fused-ring (bicyclic) bond motifs is 1. The fourth-order valence-electron chi connectivity index (χ4n) is 2.59. The molecule has 0 radical (unpaired) electrons. The molecule has 132 valence electrons. The number of hydrogen-bond acceptors (Lipinski definition) is 5. The van der Waals surface area contributed by atoms with Crippen molar-refractivity contribution < 1.29 is 4.74 Å². The summed E-state index contributed by atoms with van der Waals surface area (Å²) in [6.45, 7) is 9.17. The first-order valence-corrected chi connectivity index (χ1v) is 8.32. The van der Waals surface area contributed by atoms with Crippen LogP contribution in [0.2, 0.25) is 0 Å². The van der Waals surface area contributed by atoms with Crippen LogP contribution in [0.5, 0.6) is 5.75 Å². The molecule has 2 N–H and O–H groups in total. The van der Waals surface area contributed by atoms with Crippen LogP contribution < -0.4 is 15.6 Å². The van der Waals surface area contributed by atoms with Gasteiger partial charge in [-0.3, -0.25) is 9.78 Å². The molecule has 0 aliphatic carbocycles. The lowest BCUT2D eigenvalue weighted by molar-refractivity contribution is 0.340. The van der Waals surface area contributed by atoms with Gasteiger partial charge in [0.1, 0.15) is 11.1 Å². The lowest BCUT2D eigenvalue weighted by atomic mass is 10.1. The molecule has 0 aliphatic heterocycles. The minimum Gasteiger partial charge on any atom is -0.494 e. The first kappa shape index (κ1) is 17.0. The van der Waals surface area contributed by atoms with Crippen molar-refractivity contribution in [1.82, 2.24) is 19.7 Å². The normalized spacial score (nSPS) is 11.7. The van der Waals surface area contributed by atoms with Crippen molar-refractivity contribution in [3.8, 4) is 5.75 Å². The van der Waals surface area contributed by atoms with E-state index < -0.39 is 0 Å². The van der Waals surface area contributed by atoms with Gasteiger partial charge in [-0.05, 0) is 45.4 Å². The fraction of sp³-hybridized carbons (Fsp3) is 0.389. The van der Waals surface area contributed by atoms with Crippen molar-refractivity contribution in [3.05, 3.63) is 46.4 Å². The summed E-state index contributed by atoms with van der Waals surface area (Å²) in [5.74, 6) is 1.25. The van der Waals surface area contributed by atoms with Crippen LogP contribution in [0.3, 0.4) is 0 Å². The Morgan fingerprint density at radius 3 is 2.84 bits per heavy atom. The predicted octanol–water partition coefficient (Wildman–Crippen LogP) is 2.89. The highest BCUT2D eigenvalue weighted by atomic mass is 16.5. The third-order valence-electron chi connectivity index (χ3n) is 3.74. The van der Waals surface area contributed by atoms with E-state index in [1.807, 2.05) is 52.0 Å². The topological polar surface area (TPSA) is 84.8 Å². The Morgan fingerprint density at radius 2 is 2.12 bits per heavy atom. The zero-order valence-electron chi connectivity index (χ0n) is 15.0. The zero-order chi connectivity index (χ0) is 18.0. The number of rotatable bonds is 5. The predicted molar refractivity (Wildman–Crippen MR) is 98.1 cm³/mol. The first-order chi connectivity index (χ1) is 11.9. The van der Waals surface area contributed by atoms with Gasteiger partial charge >= 0.3 is 0 Å². The maximum atomic E-state index is 12.3. The molecule has 0 amide bonds. The highest BCUT2D eigenvalue weighted by Crippen LogP contribution is 2.19. The van der Waals surface area contributed by atoms with E-state index in [1.54, 1.807) is 10.9 Å². The highest BCUT2D eigenvalue weighted by Gasteiger charge is 2.19. The van der Waals surface area contributed by atoms with Crippen LogP contribution in [-0.4, -0.2) is 26.4 Å². The zero-order valence-corrected chi connectivity index (χ0v) is 15.0. The van der Waals surface area contributed by atoms with Crippen LogP contribution in [0.4, 0.5) is 5.95 Å². The van der Waals surface area contributed by atoms with Crippen LogP contribution in [0.1, 0.15) is 33.3 Å². The van der Waals surface area contributed by atoms with Crippen molar-refractivity contribution >= 4 is 17.0 Å². The Morgan fingerprint density at radius 1 is 1.32 bits per heavy atom. The molecule has 0 bridgehead atoms. The van der Waals surface area contributed by atoms with Crippen molar-refractivity contribution in [3.63, 3.8) is 0 Å². The summed E-state index contributed by atoms with van der Waals surface area (Å²) in [6, 6.07) is 7.81. The standard InChI is InChI=1S/C18H23N5O2/c1-5-25-13-8-6-7-12(9-13)10-19-17-21-15-14(16(24)22-17)11-20-23(15)18(2,3)4/h6-9,11H,5,10H2,1-4H3,(H2,19,21,22,24). The summed E-state index contributed by atoms with van der Waals surface area (Å²) in [5, 5.41) is 7.96. The summed E-state index contributed by atoms with van der Waals surface area (Å²) in [5.41, 5.74) is 1.15. The molecule has 3 rings (SSSR count). The third-order valence-corrected chi connectivity index (χ3v) is 3.74. The van der Waals surface area contributed by atoms with Gasteiger partial charge in [0.15, 0.2) is 5.65 Å². The van der Waals surface area contributed by atoms with E-state index in [9.17, 15) is 4.79 Å². The molecule has 7 nitrogen and oxygen atoms in total. The minimum absolute atomic E-state index is 0.203. The van der Waals surface area contributed by atoms with Gasteiger partial charge in [-0.2, -0.15) is 10.1 Å². The maximum Gasteiger partial charge on any atom is 0.263 e. The summed E-state index contributed by atoms with van der Waals surface area (Å²) >= 11 is 0. The van der Waals surface area contributed by atoms with E-state index in [0.29, 0.717) is 30.1 Å². The Labute approximate surface area is 146 Å². The SMILES string of the molecule is CCOc1cccc(CNc2nc3c(cnn3C(C)(C)C)c(=O)[nH]2)c1. The molecular formula is C18H23N5O2. The second-order valence-electron chi connectivity index (χ2n) is 6.81. The highest BCUT2D eigenvalue weighted by molar-refractivity contribution is 5.74. The molecule has 0 atom stereocenters. The molecule has 1 aromatic carbocycles. The number of aromatic nitrogens is 4. The average Bonchev–Trinajstić information content (AvgIpc) is 2.98. The molecule has 7 heteroatoms. The van der Waals surface area contributed by atoms with Crippen LogP contribution in [-0.2, 0) is 12.1 Å². The van der Waals surface area contributed by atoms with Crippen molar-refractivity contribution in [2.24, 2.45) is 0 Å². The summed E-state index contributed by atoms with van der Waals surface area (Å²) < 4.78 is 7.27. The summed E-state index contributed by atoms with van der Waals surface area (Å²) in [4.78, 5) is 19.6. The molecule has 2 aromatic heterocycles.